The minimum Gasteiger partial charge on any atom is -0.325 e. The van der Waals surface area contributed by atoms with Crippen molar-refractivity contribution < 1.29 is 0 Å². The first-order valence-electron chi connectivity index (χ1n) is 3.40. The predicted octanol–water partition coefficient (Wildman–Crippen LogP) is -0.175. The summed E-state index contributed by atoms with van der Waals surface area (Å²) in [5, 5.41) is 3.00. The Bertz CT molecular complexity index is 340. The Balaban J connectivity index is 2.64. The van der Waals surface area contributed by atoms with E-state index in [9.17, 15) is 0 Å². The van der Waals surface area contributed by atoms with E-state index in [1.165, 1.54) is 0 Å². The molecule has 0 saturated carbocycles. The van der Waals surface area contributed by atoms with Gasteiger partial charge in [0.15, 0.2) is 0 Å². The first-order valence-corrected chi connectivity index (χ1v) is 3.40. The third kappa shape index (κ3) is 0.894. The zero-order chi connectivity index (χ0) is 7.84. The second-order valence-corrected chi connectivity index (χ2v) is 2.42. The number of nitrogens with zero attached hydrogens (tertiary/aromatic N) is 3. The molecule has 0 amide bonds. The van der Waals surface area contributed by atoms with Crippen LogP contribution in [0.15, 0.2) is 6.20 Å². The Hall–Kier alpha value is -1.36. The maximum atomic E-state index is 5.39. The molecular formula is C6H9N5. The molecule has 5 nitrogen and oxygen atoms in total. The monoisotopic (exact) mass is 151 g/mol. The van der Waals surface area contributed by atoms with Crippen LogP contribution in [0.4, 0.5) is 0 Å². The normalized spacial score (nSPS) is 11.1. The van der Waals surface area contributed by atoms with Crippen LogP contribution in [0.25, 0.3) is 5.78 Å². The first kappa shape index (κ1) is 6.36. The lowest BCUT2D eigenvalue weighted by Crippen LogP contribution is -1.95. The number of rotatable bonds is 1. The Kier molecular flexibility index (Phi) is 1.19. The van der Waals surface area contributed by atoms with Crippen molar-refractivity contribution >= 4 is 5.78 Å². The van der Waals surface area contributed by atoms with Gasteiger partial charge in [0.05, 0.1) is 11.9 Å². The Morgan fingerprint density at radius 1 is 1.64 bits per heavy atom. The fourth-order valence-corrected chi connectivity index (χ4v) is 1.03. The molecule has 2 aromatic heterocycles. The number of imidazole rings is 1. The molecule has 0 aromatic carbocycles. The highest BCUT2D eigenvalue weighted by atomic mass is 15.3. The van der Waals surface area contributed by atoms with Gasteiger partial charge in [-0.3, -0.25) is 5.10 Å². The highest BCUT2D eigenvalue weighted by Crippen LogP contribution is 2.00. The highest BCUT2D eigenvalue weighted by Gasteiger charge is 2.01. The summed E-state index contributed by atoms with van der Waals surface area (Å²) in [6, 6.07) is 0. The molecule has 0 saturated heterocycles. The second-order valence-electron chi connectivity index (χ2n) is 2.42. The number of fused-ring (bicyclic) bond motifs is 1. The van der Waals surface area contributed by atoms with Crippen molar-refractivity contribution in [2.45, 2.75) is 13.5 Å². The Morgan fingerprint density at radius 3 is 3.09 bits per heavy atom. The van der Waals surface area contributed by atoms with Crippen LogP contribution >= 0.6 is 0 Å². The van der Waals surface area contributed by atoms with Gasteiger partial charge in [0, 0.05) is 6.54 Å². The molecule has 0 fully saturated rings. The molecular weight excluding hydrogens is 142 g/mol. The smallest absolute Gasteiger partial charge is 0.250 e. The van der Waals surface area contributed by atoms with Crippen LogP contribution in [-0.2, 0) is 6.54 Å². The summed E-state index contributed by atoms with van der Waals surface area (Å²) in [4.78, 5) is 8.27. The molecule has 3 N–H and O–H groups in total. The van der Waals surface area contributed by atoms with Crippen LogP contribution in [0.3, 0.4) is 0 Å². The summed E-state index contributed by atoms with van der Waals surface area (Å²) in [5.41, 5.74) is 6.24. The van der Waals surface area contributed by atoms with Gasteiger partial charge in [-0.05, 0) is 6.92 Å². The van der Waals surface area contributed by atoms with Gasteiger partial charge >= 0.3 is 0 Å². The third-order valence-electron chi connectivity index (χ3n) is 1.50. The predicted molar refractivity (Wildman–Crippen MR) is 40.0 cm³/mol. The van der Waals surface area contributed by atoms with Crippen LogP contribution < -0.4 is 5.73 Å². The van der Waals surface area contributed by atoms with Crippen molar-refractivity contribution in [3.63, 3.8) is 0 Å². The molecule has 0 aliphatic heterocycles. The number of aromatic amines is 1. The number of aromatic nitrogens is 4. The molecule has 0 aliphatic carbocycles. The zero-order valence-corrected chi connectivity index (χ0v) is 6.20. The number of hydrogen-bond donors (Lipinski definition) is 2. The molecule has 0 bridgehead atoms. The summed E-state index contributed by atoms with van der Waals surface area (Å²) in [6.45, 7) is 2.34. The standard InChI is InChI=1S/C6H9N5/c1-4-8-6-9-5(2-7)3-11(6)10-4/h3H,2,7H2,1H3,(H,8,9,10). The summed E-state index contributed by atoms with van der Waals surface area (Å²) in [5.74, 6) is 1.54. The number of H-pyrrole nitrogens is 1. The summed E-state index contributed by atoms with van der Waals surface area (Å²) in [6.07, 6.45) is 1.84. The largest absolute Gasteiger partial charge is 0.325 e. The lowest BCUT2D eigenvalue weighted by atomic mass is 10.5. The summed E-state index contributed by atoms with van der Waals surface area (Å²) < 4.78 is 1.76. The Morgan fingerprint density at radius 2 is 2.45 bits per heavy atom. The number of hydrogen-bond acceptors (Lipinski definition) is 3. The van der Waals surface area contributed by atoms with E-state index in [0.717, 1.165) is 11.5 Å². The minimum absolute atomic E-state index is 0.455. The molecule has 2 aromatic rings. The molecule has 5 heteroatoms. The van der Waals surface area contributed by atoms with Gasteiger partial charge in [-0.2, -0.15) is 4.98 Å². The van der Waals surface area contributed by atoms with Gasteiger partial charge in [0.2, 0.25) is 0 Å². The van der Waals surface area contributed by atoms with Gasteiger partial charge in [0.25, 0.3) is 5.78 Å². The first-order chi connectivity index (χ1) is 5.29. The van der Waals surface area contributed by atoms with E-state index >= 15 is 0 Å². The average Bonchev–Trinajstić information content (AvgIpc) is 2.43. The molecule has 11 heavy (non-hydrogen) atoms. The molecule has 0 unspecified atom stereocenters. The fourth-order valence-electron chi connectivity index (χ4n) is 1.03. The van der Waals surface area contributed by atoms with Gasteiger partial charge < -0.3 is 5.73 Å². The van der Waals surface area contributed by atoms with Gasteiger partial charge in [-0.25, -0.2) is 9.50 Å². The van der Waals surface area contributed by atoms with Crippen LogP contribution in [0.2, 0.25) is 0 Å². The Labute approximate surface area is 63.2 Å². The number of nitrogens with one attached hydrogen (secondary N) is 1. The van der Waals surface area contributed by atoms with Crippen molar-refractivity contribution in [2.75, 3.05) is 0 Å². The van der Waals surface area contributed by atoms with Gasteiger partial charge in [0.1, 0.15) is 5.82 Å². The van der Waals surface area contributed by atoms with Crippen LogP contribution in [-0.4, -0.2) is 19.6 Å². The van der Waals surface area contributed by atoms with E-state index in [-0.39, 0.29) is 0 Å². The zero-order valence-electron chi connectivity index (χ0n) is 6.20. The molecule has 2 rings (SSSR count). The van der Waals surface area contributed by atoms with Gasteiger partial charge in [-0.15, -0.1) is 0 Å². The van der Waals surface area contributed by atoms with Crippen molar-refractivity contribution in [1.29, 1.82) is 0 Å². The number of aryl methyl sites for hydroxylation is 1. The third-order valence-corrected chi connectivity index (χ3v) is 1.50. The highest BCUT2D eigenvalue weighted by molar-refractivity contribution is 5.28. The average molecular weight is 151 g/mol. The molecule has 0 spiro atoms. The van der Waals surface area contributed by atoms with E-state index in [0.29, 0.717) is 12.3 Å². The van der Waals surface area contributed by atoms with E-state index in [1.54, 1.807) is 4.52 Å². The van der Waals surface area contributed by atoms with E-state index < -0.39 is 0 Å². The lowest BCUT2D eigenvalue weighted by Gasteiger charge is -1.82. The van der Waals surface area contributed by atoms with Gasteiger partial charge in [-0.1, -0.05) is 0 Å². The maximum absolute atomic E-state index is 5.39. The fraction of sp³-hybridized carbons (Fsp3) is 0.333. The molecule has 2 heterocycles. The van der Waals surface area contributed by atoms with Crippen LogP contribution in [0.5, 0.6) is 0 Å². The summed E-state index contributed by atoms with van der Waals surface area (Å²) >= 11 is 0. The SMILES string of the molecule is Cc1nc2nc(CN)cn2[nH]1. The minimum atomic E-state index is 0.455. The molecule has 58 valence electrons. The van der Waals surface area contributed by atoms with Crippen molar-refractivity contribution in [2.24, 2.45) is 5.73 Å². The molecule has 0 radical (unpaired) electrons. The van der Waals surface area contributed by atoms with Crippen molar-refractivity contribution in [1.82, 2.24) is 19.6 Å². The van der Waals surface area contributed by atoms with Crippen molar-refractivity contribution in [3.05, 3.63) is 17.7 Å². The van der Waals surface area contributed by atoms with E-state index in [1.807, 2.05) is 13.1 Å². The van der Waals surface area contributed by atoms with Crippen molar-refractivity contribution in [3.8, 4) is 0 Å². The quantitative estimate of drug-likeness (QED) is 0.594. The summed E-state index contributed by atoms with van der Waals surface area (Å²) in [7, 11) is 0. The van der Waals surface area contributed by atoms with Crippen LogP contribution in [0, 0.1) is 6.92 Å². The lowest BCUT2D eigenvalue weighted by molar-refractivity contribution is 0.925. The van der Waals surface area contributed by atoms with Crippen LogP contribution in [0.1, 0.15) is 11.5 Å². The molecule has 0 aliphatic rings. The maximum Gasteiger partial charge on any atom is 0.250 e. The van der Waals surface area contributed by atoms with E-state index in [4.69, 9.17) is 5.73 Å². The topological polar surface area (TPSA) is 72.0 Å². The molecule has 0 atom stereocenters. The second kappa shape index (κ2) is 2.06. The number of nitrogens with two attached hydrogens (primary N) is 1. The van der Waals surface area contributed by atoms with E-state index in [2.05, 4.69) is 15.1 Å².